The van der Waals surface area contributed by atoms with Gasteiger partial charge in [0.15, 0.2) is 11.0 Å². The monoisotopic (exact) mass is 402 g/mol. The second kappa shape index (κ2) is 8.90. The molecule has 3 rings (SSSR count). The first-order chi connectivity index (χ1) is 13.1. The van der Waals surface area contributed by atoms with Gasteiger partial charge in [-0.1, -0.05) is 41.6 Å². The van der Waals surface area contributed by atoms with Gasteiger partial charge in [-0.15, -0.1) is 10.2 Å². The number of hydrogen-bond acceptors (Lipinski definition) is 6. The molecule has 0 bridgehead atoms. The Bertz CT molecular complexity index is 900. The number of nitrogens with two attached hydrogens (primary N) is 1. The molecule has 1 amide bonds. The van der Waals surface area contributed by atoms with E-state index in [-0.39, 0.29) is 5.91 Å². The lowest BCUT2D eigenvalue weighted by molar-refractivity contribution is -0.120. The summed E-state index contributed by atoms with van der Waals surface area (Å²) in [5.74, 6) is 5.68. The number of nitrogens with zero attached hydrogens (tertiary/aromatic N) is 3. The molecule has 0 aliphatic heterocycles. The Morgan fingerprint density at radius 1 is 1.19 bits per heavy atom. The van der Waals surface area contributed by atoms with Gasteiger partial charge in [0, 0.05) is 16.4 Å². The van der Waals surface area contributed by atoms with Crippen molar-refractivity contribution < 1.29 is 4.79 Å². The second-order valence-electron chi connectivity index (χ2n) is 5.70. The number of carbonyl (C=O) groups is 1. The summed E-state index contributed by atoms with van der Waals surface area (Å²) >= 11 is 7.22. The SMILES string of the molecule is C[C@@H](Sc1nnc(CNc2ccc(Cl)cc2)n1-c1ccccc1)C(=O)NN. The molecule has 1 aromatic heterocycles. The zero-order valence-electron chi connectivity index (χ0n) is 14.6. The number of carbonyl (C=O) groups excluding carboxylic acids is 1. The van der Waals surface area contributed by atoms with Gasteiger partial charge >= 0.3 is 0 Å². The first-order valence-corrected chi connectivity index (χ1v) is 9.50. The Balaban J connectivity index is 1.87. The van der Waals surface area contributed by atoms with Crippen LogP contribution in [-0.2, 0) is 11.3 Å². The summed E-state index contributed by atoms with van der Waals surface area (Å²) < 4.78 is 1.92. The summed E-state index contributed by atoms with van der Waals surface area (Å²) in [6.07, 6.45) is 0. The number of anilines is 1. The van der Waals surface area contributed by atoms with Gasteiger partial charge in [-0.25, -0.2) is 5.84 Å². The van der Waals surface area contributed by atoms with Crippen LogP contribution < -0.4 is 16.6 Å². The zero-order chi connectivity index (χ0) is 19.2. The van der Waals surface area contributed by atoms with Crippen molar-refractivity contribution >= 4 is 35.0 Å². The van der Waals surface area contributed by atoms with Crippen LogP contribution in [0.5, 0.6) is 0 Å². The lowest BCUT2D eigenvalue weighted by Crippen LogP contribution is -2.36. The number of para-hydroxylation sites is 1. The first-order valence-electron chi connectivity index (χ1n) is 8.24. The number of rotatable bonds is 7. The van der Waals surface area contributed by atoms with E-state index in [2.05, 4.69) is 20.9 Å². The van der Waals surface area contributed by atoms with Crippen LogP contribution in [0.25, 0.3) is 5.69 Å². The molecule has 9 heteroatoms. The van der Waals surface area contributed by atoms with Gasteiger partial charge in [0.25, 0.3) is 0 Å². The molecule has 140 valence electrons. The molecule has 0 fully saturated rings. The van der Waals surface area contributed by atoms with Crippen molar-refractivity contribution in [2.24, 2.45) is 5.84 Å². The highest BCUT2D eigenvalue weighted by Gasteiger charge is 2.20. The molecule has 1 heterocycles. The fourth-order valence-electron chi connectivity index (χ4n) is 2.41. The van der Waals surface area contributed by atoms with Gasteiger partial charge < -0.3 is 5.32 Å². The van der Waals surface area contributed by atoms with Crippen LogP contribution in [0, 0.1) is 0 Å². The highest BCUT2D eigenvalue weighted by atomic mass is 35.5. The molecule has 0 saturated heterocycles. The van der Waals surface area contributed by atoms with Crippen LogP contribution in [0.3, 0.4) is 0 Å². The molecule has 0 aliphatic carbocycles. The molecule has 0 spiro atoms. The minimum absolute atomic E-state index is 0.275. The highest BCUT2D eigenvalue weighted by Crippen LogP contribution is 2.26. The maximum atomic E-state index is 11.8. The molecule has 1 atom stereocenters. The quantitative estimate of drug-likeness (QED) is 0.243. The molecule has 3 aromatic rings. The smallest absolute Gasteiger partial charge is 0.247 e. The number of aromatic nitrogens is 3. The molecule has 0 aliphatic rings. The van der Waals surface area contributed by atoms with Crippen molar-refractivity contribution in [2.45, 2.75) is 23.9 Å². The van der Waals surface area contributed by atoms with Gasteiger partial charge in [-0.2, -0.15) is 0 Å². The third kappa shape index (κ3) is 4.79. The number of nitrogens with one attached hydrogen (secondary N) is 2. The van der Waals surface area contributed by atoms with E-state index in [1.807, 2.05) is 59.2 Å². The summed E-state index contributed by atoms with van der Waals surface area (Å²) in [4.78, 5) is 11.8. The Morgan fingerprint density at radius 3 is 2.56 bits per heavy atom. The molecule has 0 saturated carbocycles. The van der Waals surface area contributed by atoms with E-state index in [1.165, 1.54) is 11.8 Å². The number of halogens is 1. The standard InChI is InChI=1S/C18H19ClN6OS/c1-12(17(26)22-20)27-18-24-23-16(25(18)15-5-3-2-4-6-15)11-21-14-9-7-13(19)8-10-14/h2-10,12,21H,11,20H2,1H3,(H,22,26)/t12-/m1/s1. The third-order valence-corrected chi connectivity index (χ3v) is 5.10. The lowest BCUT2D eigenvalue weighted by atomic mass is 10.3. The average Bonchev–Trinajstić information content (AvgIpc) is 3.09. The number of thioether (sulfide) groups is 1. The minimum atomic E-state index is -0.404. The van der Waals surface area contributed by atoms with E-state index in [4.69, 9.17) is 17.4 Å². The second-order valence-corrected chi connectivity index (χ2v) is 7.44. The predicted octanol–water partition coefficient (Wildman–Crippen LogP) is 3.00. The number of amides is 1. The molecule has 27 heavy (non-hydrogen) atoms. The maximum Gasteiger partial charge on any atom is 0.247 e. The van der Waals surface area contributed by atoms with E-state index in [0.29, 0.717) is 16.7 Å². The summed E-state index contributed by atoms with van der Waals surface area (Å²) in [5.41, 5.74) is 4.00. The van der Waals surface area contributed by atoms with E-state index >= 15 is 0 Å². The fourth-order valence-corrected chi connectivity index (χ4v) is 3.43. The Labute approximate surface area is 166 Å². The summed E-state index contributed by atoms with van der Waals surface area (Å²) in [7, 11) is 0. The Hall–Kier alpha value is -2.55. The predicted molar refractivity (Wildman–Crippen MR) is 108 cm³/mol. The van der Waals surface area contributed by atoms with Crippen molar-refractivity contribution in [2.75, 3.05) is 5.32 Å². The largest absolute Gasteiger partial charge is 0.378 e. The topological polar surface area (TPSA) is 97.9 Å². The van der Waals surface area contributed by atoms with Crippen LogP contribution in [-0.4, -0.2) is 25.9 Å². The molecule has 2 aromatic carbocycles. The Morgan fingerprint density at radius 2 is 1.89 bits per heavy atom. The fraction of sp³-hybridized carbons (Fsp3) is 0.167. The van der Waals surface area contributed by atoms with Crippen LogP contribution in [0.15, 0.2) is 59.8 Å². The van der Waals surface area contributed by atoms with Gasteiger partial charge in [-0.3, -0.25) is 14.8 Å². The molecule has 7 nitrogen and oxygen atoms in total. The molecule has 0 unspecified atom stereocenters. The highest BCUT2D eigenvalue weighted by molar-refractivity contribution is 8.00. The van der Waals surface area contributed by atoms with Crippen LogP contribution in [0.4, 0.5) is 5.69 Å². The van der Waals surface area contributed by atoms with Crippen LogP contribution in [0.1, 0.15) is 12.7 Å². The van der Waals surface area contributed by atoms with E-state index in [0.717, 1.165) is 17.2 Å². The summed E-state index contributed by atoms with van der Waals surface area (Å²) in [6, 6.07) is 17.2. The summed E-state index contributed by atoms with van der Waals surface area (Å²) in [6.45, 7) is 2.23. The number of hydrazine groups is 1. The minimum Gasteiger partial charge on any atom is -0.378 e. The van der Waals surface area contributed by atoms with Gasteiger partial charge in [-0.05, 0) is 43.3 Å². The summed E-state index contributed by atoms with van der Waals surface area (Å²) in [5, 5.41) is 12.8. The average molecular weight is 403 g/mol. The van der Waals surface area contributed by atoms with Crippen molar-refractivity contribution in [1.29, 1.82) is 0 Å². The maximum absolute atomic E-state index is 11.8. The first kappa shape index (κ1) is 19.2. The number of hydrogen-bond donors (Lipinski definition) is 3. The van der Waals surface area contributed by atoms with Crippen molar-refractivity contribution in [3.8, 4) is 5.69 Å². The van der Waals surface area contributed by atoms with Crippen molar-refractivity contribution in [1.82, 2.24) is 20.2 Å². The number of benzene rings is 2. The lowest BCUT2D eigenvalue weighted by Gasteiger charge is -2.13. The molecular weight excluding hydrogens is 384 g/mol. The van der Waals surface area contributed by atoms with Gasteiger partial charge in [0.05, 0.1) is 11.8 Å². The van der Waals surface area contributed by atoms with Crippen LogP contribution in [0.2, 0.25) is 5.02 Å². The van der Waals surface area contributed by atoms with E-state index in [1.54, 1.807) is 6.92 Å². The molecule has 0 radical (unpaired) electrons. The third-order valence-electron chi connectivity index (χ3n) is 3.80. The zero-order valence-corrected chi connectivity index (χ0v) is 16.2. The van der Waals surface area contributed by atoms with Crippen LogP contribution >= 0.6 is 23.4 Å². The van der Waals surface area contributed by atoms with Gasteiger partial charge in [0.1, 0.15) is 0 Å². The molecular formula is C18H19ClN6OS. The normalized spacial score (nSPS) is 11.8. The van der Waals surface area contributed by atoms with Gasteiger partial charge in [0.2, 0.25) is 5.91 Å². The Kier molecular flexibility index (Phi) is 6.33. The van der Waals surface area contributed by atoms with E-state index in [9.17, 15) is 4.79 Å². The van der Waals surface area contributed by atoms with Crippen molar-refractivity contribution in [3.05, 3.63) is 65.4 Å². The van der Waals surface area contributed by atoms with Crippen molar-refractivity contribution in [3.63, 3.8) is 0 Å². The van der Waals surface area contributed by atoms with E-state index < -0.39 is 5.25 Å². The molecule has 4 N–H and O–H groups in total.